The molecule has 0 aromatic heterocycles. The average Bonchev–Trinajstić information content (AvgIpc) is 2.64. The Morgan fingerprint density at radius 1 is 1.04 bits per heavy atom. The number of benzene rings is 1. The van der Waals surface area contributed by atoms with Crippen LogP contribution in [0.25, 0.3) is 0 Å². The van der Waals surface area contributed by atoms with Gasteiger partial charge in [-0.05, 0) is 36.5 Å². The number of hydrogen-bond donors (Lipinski definition) is 3. The first-order valence-electron chi connectivity index (χ1n) is 7.82. The number of carbonyl (C=O) groups excluding carboxylic acids is 3. The van der Waals surface area contributed by atoms with Crippen molar-refractivity contribution in [3.05, 3.63) is 28.7 Å². The molecule has 0 spiro atoms. The van der Waals surface area contributed by atoms with Gasteiger partial charge < -0.3 is 19.5 Å². The molecule has 0 bridgehead atoms. The third-order valence-corrected chi connectivity index (χ3v) is 3.59. The first-order valence-corrected chi connectivity index (χ1v) is 9.02. The van der Waals surface area contributed by atoms with Crippen LogP contribution in [0.4, 0.5) is 0 Å². The minimum absolute atomic E-state index is 0.0917. The smallest absolute Gasteiger partial charge is 0.306 e. The Labute approximate surface area is 170 Å². The van der Waals surface area contributed by atoms with E-state index in [9.17, 15) is 14.4 Å². The normalized spacial score (nSPS) is 9.85. The minimum atomic E-state index is -0.514. The number of thiocarbonyl (C=S) groups is 1. The van der Waals surface area contributed by atoms with E-state index in [1.807, 2.05) is 0 Å². The van der Waals surface area contributed by atoms with Crippen LogP contribution in [0.1, 0.15) is 12.8 Å². The van der Waals surface area contributed by atoms with Crippen LogP contribution in [0.15, 0.2) is 28.7 Å². The van der Waals surface area contributed by atoms with Gasteiger partial charge in [-0.1, -0.05) is 15.9 Å². The zero-order chi connectivity index (χ0) is 20.1. The van der Waals surface area contributed by atoms with E-state index in [-0.39, 0.29) is 37.8 Å². The number of rotatable bonds is 9. The fourth-order valence-corrected chi connectivity index (χ4v) is 2.02. The second-order valence-corrected chi connectivity index (χ2v) is 6.33. The number of methoxy groups -OCH3 is 1. The van der Waals surface area contributed by atoms with Crippen LogP contribution < -0.4 is 20.9 Å². The van der Waals surface area contributed by atoms with Gasteiger partial charge in [-0.25, -0.2) is 0 Å². The molecule has 0 aliphatic rings. The van der Waals surface area contributed by atoms with E-state index in [0.717, 1.165) is 4.47 Å². The number of hydrogen-bond acceptors (Lipinski definition) is 7. The number of hydrazine groups is 1. The standard InChI is InChI=1S/C16H20BrN3O6S/c1-24-8-9-25-15(23)7-6-13(21)18-16(27)20-19-14(22)10-26-12-4-2-11(17)3-5-12/h2-5H,6-10H2,1H3,(H,19,22)(H2,18,20,21,27). The number of nitrogens with one attached hydrogen (secondary N) is 3. The molecule has 0 aliphatic heterocycles. The van der Waals surface area contributed by atoms with Crippen molar-refractivity contribution >= 4 is 51.0 Å². The SMILES string of the molecule is COCCOC(=O)CCC(=O)NC(=S)NNC(=O)COc1ccc(Br)cc1. The molecule has 1 aromatic rings. The third kappa shape index (κ3) is 11.2. The monoisotopic (exact) mass is 461 g/mol. The summed E-state index contributed by atoms with van der Waals surface area (Å²) in [5, 5.41) is 2.22. The summed E-state index contributed by atoms with van der Waals surface area (Å²) in [7, 11) is 1.49. The van der Waals surface area contributed by atoms with Crippen molar-refractivity contribution in [1.29, 1.82) is 0 Å². The summed E-state index contributed by atoms with van der Waals surface area (Å²) in [5.41, 5.74) is 4.65. The van der Waals surface area contributed by atoms with Gasteiger partial charge in [0.1, 0.15) is 12.4 Å². The first kappa shape index (κ1) is 22.8. The van der Waals surface area contributed by atoms with Crippen molar-refractivity contribution in [3.8, 4) is 5.75 Å². The molecule has 0 heterocycles. The van der Waals surface area contributed by atoms with Gasteiger partial charge in [0.05, 0.1) is 13.0 Å². The van der Waals surface area contributed by atoms with Gasteiger partial charge in [0.15, 0.2) is 11.7 Å². The Morgan fingerprint density at radius 2 is 1.74 bits per heavy atom. The fourth-order valence-electron chi connectivity index (χ4n) is 1.59. The van der Waals surface area contributed by atoms with Gasteiger partial charge in [0.25, 0.3) is 5.91 Å². The van der Waals surface area contributed by atoms with Crippen molar-refractivity contribution in [2.75, 3.05) is 26.9 Å². The van der Waals surface area contributed by atoms with E-state index in [2.05, 4.69) is 32.1 Å². The molecular weight excluding hydrogens is 442 g/mol. The van der Waals surface area contributed by atoms with Crippen LogP contribution in [0.5, 0.6) is 5.75 Å². The summed E-state index contributed by atoms with van der Waals surface area (Å²) in [4.78, 5) is 34.7. The number of esters is 1. The fraction of sp³-hybridized carbons (Fsp3) is 0.375. The second kappa shape index (κ2) is 13.0. The Bertz CT molecular complexity index is 656. The van der Waals surface area contributed by atoms with Crippen LogP contribution in [0.3, 0.4) is 0 Å². The second-order valence-electron chi connectivity index (χ2n) is 5.01. The quantitative estimate of drug-likeness (QED) is 0.214. The lowest BCUT2D eigenvalue weighted by atomic mass is 10.3. The highest BCUT2D eigenvalue weighted by Gasteiger charge is 2.10. The zero-order valence-corrected chi connectivity index (χ0v) is 17.0. The van der Waals surface area contributed by atoms with Crippen molar-refractivity contribution in [3.63, 3.8) is 0 Å². The van der Waals surface area contributed by atoms with E-state index in [4.69, 9.17) is 26.4 Å². The lowest BCUT2D eigenvalue weighted by Crippen LogP contribution is -2.49. The summed E-state index contributed by atoms with van der Waals surface area (Å²) in [6.07, 6.45) is -0.195. The average molecular weight is 462 g/mol. The van der Waals surface area contributed by atoms with Crippen LogP contribution in [0, 0.1) is 0 Å². The van der Waals surface area contributed by atoms with Crippen LogP contribution in [-0.2, 0) is 23.9 Å². The van der Waals surface area contributed by atoms with Crippen LogP contribution >= 0.6 is 28.1 Å². The van der Waals surface area contributed by atoms with Gasteiger partial charge in [-0.3, -0.25) is 25.2 Å². The summed E-state index contributed by atoms with van der Waals surface area (Å²) in [5.74, 6) is -0.964. The molecule has 27 heavy (non-hydrogen) atoms. The summed E-state index contributed by atoms with van der Waals surface area (Å²) in [6.45, 7) is 0.182. The van der Waals surface area contributed by atoms with Gasteiger partial charge >= 0.3 is 5.97 Å². The Kier molecular flexibility index (Phi) is 11.0. The van der Waals surface area contributed by atoms with E-state index in [1.54, 1.807) is 24.3 Å². The number of amides is 2. The molecule has 148 valence electrons. The van der Waals surface area contributed by atoms with E-state index >= 15 is 0 Å². The molecule has 11 heteroatoms. The predicted octanol–water partition coefficient (Wildman–Crippen LogP) is 0.820. The number of carbonyl (C=O) groups is 3. The molecule has 0 radical (unpaired) electrons. The topological polar surface area (TPSA) is 115 Å². The molecule has 0 aliphatic carbocycles. The van der Waals surface area contributed by atoms with Crippen molar-refractivity contribution < 1.29 is 28.6 Å². The maximum atomic E-state index is 11.7. The molecule has 0 saturated heterocycles. The maximum absolute atomic E-state index is 11.7. The zero-order valence-electron chi connectivity index (χ0n) is 14.6. The van der Waals surface area contributed by atoms with E-state index < -0.39 is 17.8 Å². The minimum Gasteiger partial charge on any atom is -0.484 e. The lowest BCUT2D eigenvalue weighted by Gasteiger charge is -2.11. The number of ether oxygens (including phenoxy) is 3. The summed E-state index contributed by atoms with van der Waals surface area (Å²) >= 11 is 8.16. The first-order chi connectivity index (χ1) is 12.9. The van der Waals surface area contributed by atoms with Crippen molar-refractivity contribution in [2.24, 2.45) is 0 Å². The predicted molar refractivity (Wildman–Crippen MR) is 104 cm³/mol. The van der Waals surface area contributed by atoms with Crippen molar-refractivity contribution in [1.82, 2.24) is 16.2 Å². The highest BCUT2D eigenvalue weighted by atomic mass is 79.9. The number of halogens is 1. The van der Waals surface area contributed by atoms with Crippen LogP contribution in [0.2, 0.25) is 0 Å². The lowest BCUT2D eigenvalue weighted by molar-refractivity contribution is -0.146. The maximum Gasteiger partial charge on any atom is 0.306 e. The highest BCUT2D eigenvalue weighted by Crippen LogP contribution is 2.15. The molecule has 9 nitrogen and oxygen atoms in total. The molecule has 1 rings (SSSR count). The molecule has 2 amide bonds. The van der Waals surface area contributed by atoms with Crippen LogP contribution in [-0.4, -0.2) is 49.8 Å². The Hall–Kier alpha value is -2.24. The molecular formula is C16H20BrN3O6S. The van der Waals surface area contributed by atoms with Crippen molar-refractivity contribution in [2.45, 2.75) is 12.8 Å². The van der Waals surface area contributed by atoms with Gasteiger partial charge in [0.2, 0.25) is 5.91 Å². The van der Waals surface area contributed by atoms with E-state index in [0.29, 0.717) is 5.75 Å². The third-order valence-electron chi connectivity index (χ3n) is 2.86. The summed E-state index contributed by atoms with van der Waals surface area (Å²) in [6, 6.07) is 6.97. The Morgan fingerprint density at radius 3 is 2.41 bits per heavy atom. The molecule has 3 N–H and O–H groups in total. The molecule has 1 aromatic carbocycles. The largest absolute Gasteiger partial charge is 0.484 e. The molecule has 0 saturated carbocycles. The van der Waals surface area contributed by atoms with Gasteiger partial charge in [-0.2, -0.15) is 0 Å². The molecule has 0 unspecified atom stereocenters. The molecule has 0 atom stereocenters. The summed E-state index contributed by atoms with van der Waals surface area (Å²) < 4.78 is 15.7. The van der Waals surface area contributed by atoms with Gasteiger partial charge in [0, 0.05) is 18.0 Å². The highest BCUT2D eigenvalue weighted by molar-refractivity contribution is 9.10. The van der Waals surface area contributed by atoms with Gasteiger partial charge in [-0.15, -0.1) is 0 Å². The van der Waals surface area contributed by atoms with E-state index in [1.165, 1.54) is 7.11 Å². The Balaban J connectivity index is 2.16. The molecule has 0 fully saturated rings.